The summed E-state index contributed by atoms with van der Waals surface area (Å²) in [6, 6.07) is 18.2. The summed E-state index contributed by atoms with van der Waals surface area (Å²) in [6.07, 6.45) is 0.917. The Kier molecular flexibility index (Phi) is 5.36. The Bertz CT molecular complexity index is 614. The van der Waals surface area contributed by atoms with Gasteiger partial charge in [-0.1, -0.05) is 30.3 Å². The van der Waals surface area contributed by atoms with E-state index in [0.717, 1.165) is 18.7 Å². The minimum Gasteiger partial charge on any atom is -0.496 e. The van der Waals surface area contributed by atoms with Crippen molar-refractivity contribution in [3.05, 3.63) is 65.2 Å². The molecule has 0 heterocycles. The number of para-hydroxylation sites is 1. The fourth-order valence-corrected chi connectivity index (χ4v) is 2.26. The quantitative estimate of drug-likeness (QED) is 0.883. The molecule has 0 saturated carbocycles. The molecule has 2 rings (SSSR count). The van der Waals surface area contributed by atoms with Gasteiger partial charge in [0, 0.05) is 12.6 Å². The first-order valence-corrected chi connectivity index (χ1v) is 7.07. The van der Waals surface area contributed by atoms with Crippen molar-refractivity contribution in [1.29, 1.82) is 5.26 Å². The molecule has 0 amide bonds. The van der Waals surface area contributed by atoms with Crippen LogP contribution < -0.4 is 10.1 Å². The second kappa shape index (κ2) is 7.47. The van der Waals surface area contributed by atoms with Gasteiger partial charge in [-0.2, -0.15) is 5.26 Å². The fraction of sp³-hybridized carbons (Fsp3) is 0.278. The molecule has 2 aromatic rings. The number of hydrogen-bond donors (Lipinski definition) is 1. The molecule has 0 fully saturated rings. The third-order valence-electron chi connectivity index (χ3n) is 3.46. The van der Waals surface area contributed by atoms with Crippen molar-refractivity contribution in [2.24, 2.45) is 0 Å². The monoisotopic (exact) mass is 280 g/mol. The number of hydrogen-bond acceptors (Lipinski definition) is 3. The van der Waals surface area contributed by atoms with E-state index in [1.54, 1.807) is 7.11 Å². The van der Waals surface area contributed by atoms with E-state index in [0.29, 0.717) is 11.6 Å². The zero-order valence-electron chi connectivity index (χ0n) is 12.5. The van der Waals surface area contributed by atoms with Gasteiger partial charge in [0.2, 0.25) is 0 Å². The minimum atomic E-state index is 0.344. The average molecular weight is 280 g/mol. The van der Waals surface area contributed by atoms with Crippen LogP contribution in [-0.4, -0.2) is 13.2 Å². The molecule has 3 heteroatoms. The standard InChI is InChI=1S/C18H20N2O/c1-14(11-17-5-3-4-6-18(17)21-2)20-13-16-9-7-15(12-19)8-10-16/h3-10,14,20H,11,13H2,1-2H3. The molecule has 1 atom stereocenters. The smallest absolute Gasteiger partial charge is 0.122 e. The van der Waals surface area contributed by atoms with Crippen LogP contribution in [-0.2, 0) is 13.0 Å². The van der Waals surface area contributed by atoms with Crippen molar-refractivity contribution in [1.82, 2.24) is 5.32 Å². The lowest BCUT2D eigenvalue weighted by Crippen LogP contribution is -2.27. The highest BCUT2D eigenvalue weighted by Crippen LogP contribution is 2.18. The number of ether oxygens (including phenoxy) is 1. The fourth-order valence-electron chi connectivity index (χ4n) is 2.26. The Labute approximate surface area is 126 Å². The molecule has 0 aliphatic heterocycles. The largest absolute Gasteiger partial charge is 0.496 e. The summed E-state index contributed by atoms with van der Waals surface area (Å²) in [4.78, 5) is 0. The number of benzene rings is 2. The molecule has 0 aliphatic rings. The Balaban J connectivity index is 1.89. The van der Waals surface area contributed by atoms with Crippen LogP contribution in [0, 0.1) is 11.3 Å². The summed E-state index contributed by atoms with van der Waals surface area (Å²) < 4.78 is 5.38. The van der Waals surface area contributed by atoms with Gasteiger partial charge in [0.15, 0.2) is 0 Å². The first-order chi connectivity index (χ1) is 10.2. The number of methoxy groups -OCH3 is 1. The van der Waals surface area contributed by atoms with Crippen LogP contribution >= 0.6 is 0 Å². The maximum atomic E-state index is 8.78. The summed E-state index contributed by atoms with van der Waals surface area (Å²) in [7, 11) is 1.70. The molecule has 1 N–H and O–H groups in total. The normalized spacial score (nSPS) is 11.7. The van der Waals surface area contributed by atoms with E-state index >= 15 is 0 Å². The highest BCUT2D eigenvalue weighted by molar-refractivity contribution is 5.34. The van der Waals surface area contributed by atoms with E-state index in [1.165, 1.54) is 11.1 Å². The number of nitrogens with one attached hydrogen (secondary N) is 1. The lowest BCUT2D eigenvalue weighted by Gasteiger charge is -2.16. The molecular weight excluding hydrogens is 260 g/mol. The van der Waals surface area contributed by atoms with Crippen LogP contribution in [0.25, 0.3) is 0 Å². The summed E-state index contributed by atoms with van der Waals surface area (Å²) in [5.41, 5.74) is 3.08. The summed E-state index contributed by atoms with van der Waals surface area (Å²) in [5.74, 6) is 0.935. The molecule has 3 nitrogen and oxygen atoms in total. The molecule has 0 bridgehead atoms. The van der Waals surface area contributed by atoms with E-state index < -0.39 is 0 Å². The highest BCUT2D eigenvalue weighted by Gasteiger charge is 2.07. The van der Waals surface area contributed by atoms with Gasteiger partial charge in [-0.25, -0.2) is 0 Å². The van der Waals surface area contributed by atoms with Crippen molar-refractivity contribution < 1.29 is 4.74 Å². The SMILES string of the molecule is COc1ccccc1CC(C)NCc1ccc(C#N)cc1. The van der Waals surface area contributed by atoms with Gasteiger partial charge in [-0.15, -0.1) is 0 Å². The molecule has 1 unspecified atom stereocenters. The van der Waals surface area contributed by atoms with Crippen LogP contribution in [0.15, 0.2) is 48.5 Å². The molecular formula is C18H20N2O. The number of nitriles is 1. The van der Waals surface area contributed by atoms with Crippen LogP contribution in [0.5, 0.6) is 5.75 Å². The van der Waals surface area contributed by atoms with E-state index in [1.807, 2.05) is 42.5 Å². The topological polar surface area (TPSA) is 45.0 Å². The van der Waals surface area contributed by atoms with E-state index in [9.17, 15) is 0 Å². The molecule has 21 heavy (non-hydrogen) atoms. The van der Waals surface area contributed by atoms with Crippen molar-refractivity contribution in [2.75, 3.05) is 7.11 Å². The predicted molar refractivity (Wildman–Crippen MR) is 84.2 cm³/mol. The molecule has 0 aliphatic carbocycles. The molecule has 2 aromatic carbocycles. The maximum absolute atomic E-state index is 8.78. The van der Waals surface area contributed by atoms with Crippen molar-refractivity contribution in [3.8, 4) is 11.8 Å². The highest BCUT2D eigenvalue weighted by atomic mass is 16.5. The second-order valence-corrected chi connectivity index (χ2v) is 5.11. The predicted octanol–water partition coefficient (Wildman–Crippen LogP) is 3.29. The van der Waals surface area contributed by atoms with Gasteiger partial charge in [-0.05, 0) is 42.7 Å². The van der Waals surface area contributed by atoms with E-state index in [2.05, 4.69) is 24.4 Å². The third-order valence-corrected chi connectivity index (χ3v) is 3.46. The van der Waals surface area contributed by atoms with Crippen LogP contribution in [0.1, 0.15) is 23.6 Å². The first-order valence-electron chi connectivity index (χ1n) is 7.07. The zero-order chi connectivity index (χ0) is 15.1. The summed E-state index contributed by atoms with van der Waals surface area (Å²) in [5, 5.41) is 12.3. The van der Waals surface area contributed by atoms with Crippen molar-refractivity contribution in [3.63, 3.8) is 0 Å². The average Bonchev–Trinajstić information content (AvgIpc) is 2.54. The van der Waals surface area contributed by atoms with Gasteiger partial charge < -0.3 is 10.1 Å². The van der Waals surface area contributed by atoms with Gasteiger partial charge in [0.25, 0.3) is 0 Å². The van der Waals surface area contributed by atoms with Crippen molar-refractivity contribution >= 4 is 0 Å². The third kappa shape index (κ3) is 4.34. The van der Waals surface area contributed by atoms with Gasteiger partial charge in [-0.3, -0.25) is 0 Å². The van der Waals surface area contributed by atoms with Crippen LogP contribution in [0.4, 0.5) is 0 Å². The first kappa shape index (κ1) is 15.1. The molecule has 0 radical (unpaired) electrons. The number of nitrogens with zero attached hydrogens (tertiary/aromatic N) is 1. The molecule has 0 spiro atoms. The molecule has 108 valence electrons. The van der Waals surface area contributed by atoms with Crippen molar-refractivity contribution in [2.45, 2.75) is 25.9 Å². The van der Waals surface area contributed by atoms with Crippen LogP contribution in [0.2, 0.25) is 0 Å². The summed E-state index contributed by atoms with van der Waals surface area (Å²) in [6.45, 7) is 2.96. The maximum Gasteiger partial charge on any atom is 0.122 e. The Hall–Kier alpha value is -2.31. The lowest BCUT2D eigenvalue weighted by atomic mass is 10.1. The Morgan fingerprint density at radius 1 is 1.14 bits per heavy atom. The number of rotatable bonds is 6. The minimum absolute atomic E-state index is 0.344. The summed E-state index contributed by atoms with van der Waals surface area (Å²) >= 11 is 0. The van der Waals surface area contributed by atoms with Gasteiger partial charge >= 0.3 is 0 Å². The zero-order valence-corrected chi connectivity index (χ0v) is 12.5. The van der Waals surface area contributed by atoms with E-state index in [4.69, 9.17) is 10.00 Å². The molecule has 0 saturated heterocycles. The van der Waals surface area contributed by atoms with Gasteiger partial charge in [0.05, 0.1) is 18.7 Å². The Morgan fingerprint density at radius 2 is 1.86 bits per heavy atom. The van der Waals surface area contributed by atoms with E-state index in [-0.39, 0.29) is 0 Å². The Morgan fingerprint density at radius 3 is 2.52 bits per heavy atom. The molecule has 0 aromatic heterocycles. The second-order valence-electron chi connectivity index (χ2n) is 5.11. The van der Waals surface area contributed by atoms with Gasteiger partial charge in [0.1, 0.15) is 5.75 Å². The lowest BCUT2D eigenvalue weighted by molar-refractivity contribution is 0.406. The van der Waals surface area contributed by atoms with Crippen LogP contribution in [0.3, 0.4) is 0 Å².